The van der Waals surface area contributed by atoms with Gasteiger partial charge in [0.05, 0.1) is 0 Å². The van der Waals surface area contributed by atoms with Crippen molar-refractivity contribution in [3.8, 4) is 17.6 Å². The molecule has 1 rings (SSSR count). The molecule has 0 aliphatic heterocycles. The van der Waals surface area contributed by atoms with Crippen LogP contribution < -0.4 is 4.74 Å². The van der Waals surface area contributed by atoms with Crippen LogP contribution in [0, 0.1) is 18.8 Å². The number of halogens is 1. The maximum absolute atomic E-state index is 5.68. The van der Waals surface area contributed by atoms with Crippen LogP contribution in [0.4, 0.5) is 0 Å². The lowest BCUT2D eigenvalue weighted by Crippen LogP contribution is -2.04. The van der Waals surface area contributed by atoms with Crippen LogP contribution in [-0.4, -0.2) is 5.56 Å². The number of alkyl halides is 1. The molecule has 1 aromatic carbocycles. The molecular weight excluding hydrogens is 172 g/mol. The minimum Gasteiger partial charge on any atom is -0.463 e. The van der Waals surface area contributed by atoms with Crippen LogP contribution in [0.2, 0.25) is 0 Å². The summed E-state index contributed by atoms with van der Waals surface area (Å²) in [6.07, 6.45) is 0. The SMILES string of the molecule is [CH2]C#CC(Cl)Oc1ccccc1. The van der Waals surface area contributed by atoms with Gasteiger partial charge in [-0.2, -0.15) is 0 Å². The van der Waals surface area contributed by atoms with Crippen molar-refractivity contribution in [3.63, 3.8) is 0 Å². The zero-order chi connectivity index (χ0) is 8.81. The highest BCUT2D eigenvalue weighted by atomic mass is 35.5. The van der Waals surface area contributed by atoms with E-state index >= 15 is 0 Å². The van der Waals surface area contributed by atoms with Gasteiger partial charge in [-0.25, -0.2) is 0 Å². The first kappa shape index (κ1) is 8.96. The Balaban J connectivity index is 2.56. The highest BCUT2D eigenvalue weighted by Gasteiger charge is 1.99. The first-order chi connectivity index (χ1) is 5.83. The fourth-order valence-corrected chi connectivity index (χ4v) is 0.908. The molecule has 61 valence electrons. The van der Waals surface area contributed by atoms with Gasteiger partial charge in [-0.15, -0.1) is 0 Å². The monoisotopic (exact) mass is 179 g/mol. The Kier molecular flexibility index (Phi) is 3.50. The van der Waals surface area contributed by atoms with E-state index in [1.165, 1.54) is 0 Å². The van der Waals surface area contributed by atoms with E-state index in [2.05, 4.69) is 18.8 Å². The van der Waals surface area contributed by atoms with Crippen LogP contribution in [0.25, 0.3) is 0 Å². The third-order valence-electron chi connectivity index (χ3n) is 1.20. The molecule has 0 aromatic heterocycles. The Hall–Kier alpha value is -1.13. The van der Waals surface area contributed by atoms with Crippen LogP contribution >= 0.6 is 11.6 Å². The average molecular weight is 180 g/mol. The number of hydrogen-bond donors (Lipinski definition) is 0. The van der Waals surface area contributed by atoms with Gasteiger partial charge in [-0.1, -0.05) is 35.7 Å². The first-order valence-electron chi connectivity index (χ1n) is 3.46. The quantitative estimate of drug-likeness (QED) is 0.501. The van der Waals surface area contributed by atoms with Crippen LogP contribution in [0.3, 0.4) is 0 Å². The third kappa shape index (κ3) is 2.86. The van der Waals surface area contributed by atoms with Gasteiger partial charge < -0.3 is 4.74 Å². The Labute approximate surface area is 77.3 Å². The highest BCUT2D eigenvalue weighted by molar-refractivity contribution is 6.21. The number of ether oxygens (including phenoxy) is 1. The van der Waals surface area contributed by atoms with Crippen molar-refractivity contribution in [2.45, 2.75) is 5.56 Å². The predicted octanol–water partition coefficient (Wildman–Crippen LogP) is 2.47. The molecule has 12 heavy (non-hydrogen) atoms. The Bertz CT molecular complexity index is 284. The third-order valence-corrected chi connectivity index (χ3v) is 1.40. The standard InChI is InChI=1S/C10H8ClO/c1-2-6-10(11)12-9-7-4-3-5-8-9/h3-5,7-8,10H,1H2. The molecule has 1 nitrogen and oxygen atoms in total. The second-order valence-electron chi connectivity index (χ2n) is 2.07. The van der Waals surface area contributed by atoms with Gasteiger partial charge in [0.15, 0.2) is 0 Å². The van der Waals surface area contributed by atoms with Gasteiger partial charge in [0.1, 0.15) is 5.75 Å². The fourth-order valence-electron chi connectivity index (χ4n) is 0.728. The number of hydrogen-bond acceptors (Lipinski definition) is 1. The van der Waals surface area contributed by atoms with Gasteiger partial charge >= 0.3 is 0 Å². The number of benzene rings is 1. The van der Waals surface area contributed by atoms with Crippen LogP contribution in [0.15, 0.2) is 30.3 Å². The summed E-state index contributed by atoms with van der Waals surface area (Å²) in [5, 5.41) is 0. The fraction of sp³-hybridized carbons (Fsp3) is 0.100. The van der Waals surface area contributed by atoms with Crippen molar-refractivity contribution < 1.29 is 4.74 Å². The van der Waals surface area contributed by atoms with Crippen molar-refractivity contribution in [1.29, 1.82) is 0 Å². The zero-order valence-electron chi connectivity index (χ0n) is 6.46. The van der Waals surface area contributed by atoms with Gasteiger partial charge in [-0.05, 0) is 18.1 Å². The Morgan fingerprint density at radius 2 is 2.00 bits per heavy atom. The lowest BCUT2D eigenvalue weighted by molar-refractivity contribution is 0.334. The maximum atomic E-state index is 5.68. The molecule has 0 N–H and O–H groups in total. The van der Waals surface area contributed by atoms with E-state index in [9.17, 15) is 0 Å². The molecule has 2 heteroatoms. The molecule has 0 spiro atoms. The second kappa shape index (κ2) is 4.69. The minimum absolute atomic E-state index is 0.620. The molecule has 0 amide bonds. The van der Waals surface area contributed by atoms with Gasteiger partial charge in [0.25, 0.3) is 0 Å². The molecule has 0 bridgehead atoms. The molecule has 1 aromatic rings. The summed E-state index contributed by atoms with van der Waals surface area (Å²) in [5.41, 5.74) is -0.620. The van der Waals surface area contributed by atoms with Crippen molar-refractivity contribution >= 4 is 11.6 Å². The van der Waals surface area contributed by atoms with Gasteiger partial charge in [-0.3, -0.25) is 0 Å². The Morgan fingerprint density at radius 3 is 2.58 bits per heavy atom. The maximum Gasteiger partial charge on any atom is 0.234 e. The summed E-state index contributed by atoms with van der Waals surface area (Å²) < 4.78 is 5.21. The molecule has 1 unspecified atom stereocenters. The molecule has 0 aliphatic rings. The zero-order valence-corrected chi connectivity index (χ0v) is 7.21. The minimum atomic E-state index is -0.620. The summed E-state index contributed by atoms with van der Waals surface area (Å²) in [4.78, 5) is 0. The summed E-state index contributed by atoms with van der Waals surface area (Å²) in [5.74, 6) is 5.72. The predicted molar refractivity (Wildman–Crippen MR) is 49.8 cm³/mol. The molecule has 0 aliphatic carbocycles. The van der Waals surface area contributed by atoms with Crippen LogP contribution in [0.1, 0.15) is 0 Å². The number of para-hydroxylation sites is 1. The average Bonchev–Trinajstić information content (AvgIpc) is 2.06. The van der Waals surface area contributed by atoms with Crippen LogP contribution in [-0.2, 0) is 0 Å². The molecule has 1 radical (unpaired) electrons. The normalized spacial score (nSPS) is 11.2. The van der Waals surface area contributed by atoms with E-state index in [-0.39, 0.29) is 0 Å². The van der Waals surface area contributed by atoms with Crippen molar-refractivity contribution in [2.75, 3.05) is 0 Å². The van der Waals surface area contributed by atoms with Gasteiger partial charge in [0, 0.05) is 6.92 Å². The van der Waals surface area contributed by atoms with E-state index in [4.69, 9.17) is 16.3 Å². The summed E-state index contributed by atoms with van der Waals surface area (Å²) >= 11 is 5.68. The molecule has 0 saturated carbocycles. The summed E-state index contributed by atoms with van der Waals surface area (Å²) in [7, 11) is 0. The Morgan fingerprint density at radius 1 is 1.33 bits per heavy atom. The van der Waals surface area contributed by atoms with E-state index < -0.39 is 5.56 Å². The second-order valence-corrected chi connectivity index (χ2v) is 2.46. The highest BCUT2D eigenvalue weighted by Crippen LogP contribution is 2.11. The topological polar surface area (TPSA) is 9.23 Å². The lowest BCUT2D eigenvalue weighted by Gasteiger charge is -2.05. The molecule has 0 fully saturated rings. The van der Waals surface area contributed by atoms with Crippen molar-refractivity contribution in [2.24, 2.45) is 0 Å². The van der Waals surface area contributed by atoms with E-state index in [1.54, 1.807) is 0 Å². The molecular formula is C10H8ClO. The molecule has 1 atom stereocenters. The van der Waals surface area contributed by atoms with E-state index in [1.807, 2.05) is 30.3 Å². The number of rotatable bonds is 2. The van der Waals surface area contributed by atoms with Crippen LogP contribution in [0.5, 0.6) is 5.75 Å². The van der Waals surface area contributed by atoms with E-state index in [0.717, 1.165) is 0 Å². The first-order valence-corrected chi connectivity index (χ1v) is 3.90. The lowest BCUT2D eigenvalue weighted by atomic mass is 10.3. The molecule has 0 heterocycles. The molecule has 0 saturated heterocycles. The van der Waals surface area contributed by atoms with Crippen molar-refractivity contribution in [1.82, 2.24) is 0 Å². The van der Waals surface area contributed by atoms with E-state index in [0.29, 0.717) is 5.75 Å². The van der Waals surface area contributed by atoms with Gasteiger partial charge in [0.2, 0.25) is 5.56 Å². The largest absolute Gasteiger partial charge is 0.463 e. The van der Waals surface area contributed by atoms with Crippen molar-refractivity contribution in [3.05, 3.63) is 37.3 Å². The summed E-state index contributed by atoms with van der Waals surface area (Å²) in [6.45, 7) is 3.34. The summed E-state index contributed by atoms with van der Waals surface area (Å²) in [6, 6.07) is 9.29. The smallest absolute Gasteiger partial charge is 0.234 e.